The van der Waals surface area contributed by atoms with E-state index in [9.17, 15) is 4.79 Å². The van der Waals surface area contributed by atoms with Crippen LogP contribution in [0.1, 0.15) is 30.1 Å². The first-order valence-corrected chi connectivity index (χ1v) is 10.5. The lowest BCUT2D eigenvalue weighted by atomic mass is 10.2. The number of carbonyl (C=O) groups excluding carboxylic acids is 1. The molecule has 0 bridgehead atoms. The Bertz CT molecular complexity index is 1440. The molecule has 1 N–H and O–H groups in total. The number of rotatable bonds is 7. The van der Waals surface area contributed by atoms with Gasteiger partial charge in [0.05, 0.1) is 12.6 Å². The topological polar surface area (TPSA) is 98.7 Å². The normalized spacial score (nSPS) is 11.4. The first kappa shape index (κ1) is 19.9. The molecule has 9 heteroatoms. The minimum absolute atomic E-state index is 0.0103. The van der Waals surface area contributed by atoms with Gasteiger partial charge in [0.15, 0.2) is 5.65 Å². The van der Waals surface area contributed by atoms with Gasteiger partial charge in [0, 0.05) is 30.3 Å². The highest BCUT2D eigenvalue weighted by Crippen LogP contribution is 2.22. The lowest BCUT2D eigenvalue weighted by molar-refractivity contribution is -0.121. The van der Waals surface area contributed by atoms with E-state index in [-0.39, 0.29) is 5.91 Å². The minimum atomic E-state index is -0.0103. The van der Waals surface area contributed by atoms with Crippen molar-refractivity contribution in [1.82, 2.24) is 34.5 Å². The van der Waals surface area contributed by atoms with Crippen LogP contribution in [0.3, 0.4) is 0 Å². The highest BCUT2D eigenvalue weighted by Gasteiger charge is 2.17. The van der Waals surface area contributed by atoms with Gasteiger partial charge in [-0.1, -0.05) is 30.3 Å². The van der Waals surface area contributed by atoms with Gasteiger partial charge in [-0.2, -0.15) is 4.52 Å². The Morgan fingerprint density at radius 2 is 1.91 bits per heavy atom. The maximum atomic E-state index is 12.4. The second kappa shape index (κ2) is 8.26. The summed E-state index contributed by atoms with van der Waals surface area (Å²) in [5.74, 6) is 2.85. The lowest BCUT2D eigenvalue weighted by Gasteiger charge is -2.09. The predicted octanol–water partition coefficient (Wildman–Crippen LogP) is 2.88. The average Bonchev–Trinajstić information content (AvgIpc) is 3.41. The van der Waals surface area contributed by atoms with E-state index in [1.54, 1.807) is 11.6 Å². The van der Waals surface area contributed by atoms with E-state index in [4.69, 9.17) is 4.74 Å². The number of amides is 1. The summed E-state index contributed by atoms with van der Waals surface area (Å²) in [6.45, 7) is 2.30. The third-order valence-corrected chi connectivity index (χ3v) is 5.47. The number of nitrogens with zero attached hydrogens (tertiary/aromatic N) is 6. The number of aryl methyl sites for hydroxylation is 2. The van der Waals surface area contributed by atoms with Crippen molar-refractivity contribution < 1.29 is 9.53 Å². The maximum absolute atomic E-state index is 12.4. The van der Waals surface area contributed by atoms with Gasteiger partial charge in [-0.05, 0) is 31.5 Å². The predicted molar refractivity (Wildman–Crippen MR) is 120 cm³/mol. The summed E-state index contributed by atoms with van der Waals surface area (Å²) in [7, 11) is 1.63. The zero-order chi connectivity index (χ0) is 22.1. The van der Waals surface area contributed by atoms with Crippen LogP contribution in [0.25, 0.3) is 22.3 Å². The molecule has 5 aromatic rings. The van der Waals surface area contributed by atoms with Crippen molar-refractivity contribution in [3.05, 3.63) is 65.7 Å². The molecule has 3 heterocycles. The van der Waals surface area contributed by atoms with Crippen LogP contribution in [0.5, 0.6) is 5.75 Å². The summed E-state index contributed by atoms with van der Waals surface area (Å²) < 4.78 is 9.07. The van der Waals surface area contributed by atoms with Crippen molar-refractivity contribution in [2.45, 2.75) is 32.7 Å². The number of ether oxygens (including phenoxy) is 1. The maximum Gasteiger partial charge on any atom is 0.258 e. The zero-order valence-corrected chi connectivity index (χ0v) is 17.9. The van der Waals surface area contributed by atoms with Gasteiger partial charge in [-0.3, -0.25) is 9.20 Å². The molecule has 32 heavy (non-hydrogen) atoms. The molecule has 1 amide bonds. The van der Waals surface area contributed by atoms with Gasteiger partial charge in [0.1, 0.15) is 17.4 Å². The van der Waals surface area contributed by atoms with Crippen LogP contribution in [0.2, 0.25) is 0 Å². The van der Waals surface area contributed by atoms with Crippen LogP contribution in [-0.4, -0.2) is 42.2 Å². The summed E-state index contributed by atoms with van der Waals surface area (Å²) >= 11 is 0. The number of hydrogen-bond donors (Lipinski definition) is 1. The van der Waals surface area contributed by atoms with Gasteiger partial charge < -0.3 is 10.1 Å². The fraction of sp³-hybridized carbons (Fsp3) is 0.261. The van der Waals surface area contributed by atoms with E-state index in [1.165, 1.54) is 0 Å². The number of benzene rings is 2. The van der Waals surface area contributed by atoms with E-state index in [1.807, 2.05) is 59.9 Å². The molecule has 0 radical (unpaired) electrons. The van der Waals surface area contributed by atoms with E-state index in [2.05, 4.69) is 25.6 Å². The van der Waals surface area contributed by atoms with Crippen molar-refractivity contribution in [2.75, 3.05) is 7.11 Å². The van der Waals surface area contributed by atoms with Crippen LogP contribution in [-0.2, 0) is 17.8 Å². The average molecular weight is 429 g/mol. The van der Waals surface area contributed by atoms with Crippen LogP contribution < -0.4 is 10.1 Å². The Kier molecular flexibility index (Phi) is 5.14. The van der Waals surface area contributed by atoms with E-state index in [0.29, 0.717) is 37.4 Å². The molecule has 0 fully saturated rings. The third-order valence-electron chi connectivity index (χ3n) is 5.47. The van der Waals surface area contributed by atoms with Gasteiger partial charge in [-0.15, -0.1) is 15.3 Å². The second-order valence-corrected chi connectivity index (χ2v) is 7.61. The SMILES string of the molecule is COc1ccccc1CNC(=O)CCCc1nnc2n3nc(C)nc3c3ccccc3n12. The molecular formula is C23H23N7O2. The Balaban J connectivity index is 1.32. The zero-order valence-electron chi connectivity index (χ0n) is 17.9. The molecule has 5 rings (SSSR count). The Morgan fingerprint density at radius 1 is 1.09 bits per heavy atom. The number of methoxy groups -OCH3 is 1. The number of fused-ring (bicyclic) bond motifs is 6. The van der Waals surface area contributed by atoms with E-state index >= 15 is 0 Å². The monoisotopic (exact) mass is 429 g/mol. The van der Waals surface area contributed by atoms with E-state index in [0.717, 1.165) is 33.7 Å². The molecule has 0 aliphatic heterocycles. The van der Waals surface area contributed by atoms with Crippen molar-refractivity contribution in [3.8, 4) is 5.75 Å². The van der Waals surface area contributed by atoms with E-state index < -0.39 is 0 Å². The quantitative estimate of drug-likeness (QED) is 0.427. The van der Waals surface area contributed by atoms with Crippen LogP contribution in [0.15, 0.2) is 48.5 Å². The molecule has 9 nitrogen and oxygen atoms in total. The van der Waals surface area contributed by atoms with Crippen LogP contribution in [0.4, 0.5) is 0 Å². The summed E-state index contributed by atoms with van der Waals surface area (Å²) in [5, 5.41) is 17.2. The first-order chi connectivity index (χ1) is 15.7. The number of para-hydroxylation sites is 2. The van der Waals surface area contributed by atoms with Crippen molar-refractivity contribution in [1.29, 1.82) is 0 Å². The summed E-state index contributed by atoms with van der Waals surface area (Å²) in [6, 6.07) is 15.7. The molecule has 0 unspecified atom stereocenters. The molecule has 0 aliphatic rings. The molecule has 162 valence electrons. The number of nitrogens with one attached hydrogen (secondary N) is 1. The number of carbonyl (C=O) groups is 1. The number of aromatic nitrogens is 6. The Morgan fingerprint density at radius 3 is 2.78 bits per heavy atom. The second-order valence-electron chi connectivity index (χ2n) is 7.61. The third kappa shape index (κ3) is 3.51. The van der Waals surface area contributed by atoms with Crippen LogP contribution in [0, 0.1) is 6.92 Å². The summed E-state index contributed by atoms with van der Waals surface area (Å²) in [4.78, 5) is 16.9. The Labute approximate surface area is 184 Å². The van der Waals surface area contributed by atoms with Gasteiger partial charge in [0.25, 0.3) is 5.78 Å². The number of hydrogen-bond acceptors (Lipinski definition) is 6. The molecule has 0 saturated heterocycles. The van der Waals surface area contributed by atoms with Crippen molar-refractivity contribution in [3.63, 3.8) is 0 Å². The standard InChI is InChI=1S/C23H23N7O2/c1-15-25-22-17-9-4-5-10-18(17)29-20(26-27-23(29)30(22)28-15)12-7-13-21(31)24-14-16-8-3-6-11-19(16)32-2/h3-6,8-11H,7,12-14H2,1-2H3,(H,24,31). The largest absolute Gasteiger partial charge is 0.496 e. The highest BCUT2D eigenvalue weighted by atomic mass is 16.5. The van der Waals surface area contributed by atoms with Gasteiger partial charge in [0.2, 0.25) is 5.91 Å². The molecular weight excluding hydrogens is 406 g/mol. The molecule has 0 spiro atoms. The highest BCUT2D eigenvalue weighted by molar-refractivity contribution is 5.93. The van der Waals surface area contributed by atoms with Crippen LogP contribution >= 0.6 is 0 Å². The van der Waals surface area contributed by atoms with Crippen molar-refractivity contribution >= 4 is 28.2 Å². The van der Waals surface area contributed by atoms with Crippen molar-refractivity contribution in [2.24, 2.45) is 0 Å². The molecule has 2 aromatic carbocycles. The Hall–Kier alpha value is -4.01. The fourth-order valence-corrected chi connectivity index (χ4v) is 3.98. The molecule has 0 saturated carbocycles. The summed E-state index contributed by atoms with van der Waals surface area (Å²) in [6.07, 6.45) is 1.67. The first-order valence-electron chi connectivity index (χ1n) is 10.5. The molecule has 0 aliphatic carbocycles. The lowest BCUT2D eigenvalue weighted by Crippen LogP contribution is -2.22. The van der Waals surface area contributed by atoms with Gasteiger partial charge >= 0.3 is 0 Å². The smallest absolute Gasteiger partial charge is 0.258 e. The van der Waals surface area contributed by atoms with Gasteiger partial charge in [-0.25, -0.2) is 4.98 Å². The fourth-order valence-electron chi connectivity index (χ4n) is 3.98. The molecule has 0 atom stereocenters. The minimum Gasteiger partial charge on any atom is -0.496 e. The molecule has 3 aromatic heterocycles. The summed E-state index contributed by atoms with van der Waals surface area (Å²) in [5.41, 5.74) is 2.69.